The molecule has 4 nitrogen and oxygen atoms in total. The molecule has 0 spiro atoms. The van der Waals surface area contributed by atoms with E-state index in [-0.39, 0.29) is 5.91 Å². The van der Waals surface area contributed by atoms with E-state index in [2.05, 4.69) is 4.90 Å². The minimum absolute atomic E-state index is 0.170. The molecule has 1 aromatic carbocycles. The van der Waals surface area contributed by atoms with Crippen molar-refractivity contribution < 1.29 is 14.3 Å². The number of hydrogen-bond acceptors (Lipinski definition) is 3. The van der Waals surface area contributed by atoms with Gasteiger partial charge in [0, 0.05) is 18.2 Å². The maximum atomic E-state index is 13.2. The molecule has 2 saturated carbocycles. The highest BCUT2D eigenvalue weighted by molar-refractivity contribution is 5.92. The van der Waals surface area contributed by atoms with E-state index >= 15 is 0 Å². The quantitative estimate of drug-likeness (QED) is 0.644. The molecular formula is C23H33NO3. The third kappa shape index (κ3) is 5.06. The van der Waals surface area contributed by atoms with Crippen LogP contribution in [-0.4, -0.2) is 37.1 Å². The second kappa shape index (κ2) is 9.82. The number of rotatable bonds is 6. The molecule has 0 aliphatic heterocycles. The molecule has 27 heavy (non-hydrogen) atoms. The van der Waals surface area contributed by atoms with Gasteiger partial charge in [-0.05, 0) is 49.5 Å². The third-order valence-electron chi connectivity index (χ3n) is 6.02. The number of carbonyl (C=O) groups is 1. The largest absolute Gasteiger partial charge is 0.493 e. The maximum absolute atomic E-state index is 13.2. The van der Waals surface area contributed by atoms with Crippen LogP contribution in [0.1, 0.15) is 69.8 Å². The van der Waals surface area contributed by atoms with Gasteiger partial charge in [0.05, 0.1) is 14.2 Å². The van der Waals surface area contributed by atoms with Crippen molar-refractivity contribution in [3.8, 4) is 11.5 Å². The highest BCUT2D eigenvalue weighted by Gasteiger charge is 2.31. The van der Waals surface area contributed by atoms with Crippen molar-refractivity contribution in [2.45, 2.75) is 76.3 Å². The lowest BCUT2D eigenvalue weighted by Gasteiger charge is -2.41. The van der Waals surface area contributed by atoms with Crippen LogP contribution in [0, 0.1) is 0 Å². The van der Waals surface area contributed by atoms with E-state index in [4.69, 9.17) is 9.47 Å². The van der Waals surface area contributed by atoms with Gasteiger partial charge in [0.15, 0.2) is 11.5 Å². The molecule has 0 radical (unpaired) electrons. The highest BCUT2D eigenvalue weighted by atomic mass is 16.5. The average Bonchev–Trinajstić information content (AvgIpc) is 2.73. The lowest BCUT2D eigenvalue weighted by molar-refractivity contribution is -0.132. The Morgan fingerprint density at radius 3 is 1.96 bits per heavy atom. The van der Waals surface area contributed by atoms with E-state index in [0.29, 0.717) is 23.6 Å². The van der Waals surface area contributed by atoms with Gasteiger partial charge in [0.1, 0.15) is 0 Å². The Balaban J connectivity index is 1.75. The topological polar surface area (TPSA) is 38.8 Å². The number of methoxy groups -OCH3 is 2. The van der Waals surface area contributed by atoms with Crippen molar-refractivity contribution in [3.05, 3.63) is 29.8 Å². The Bertz CT molecular complexity index is 625. The molecule has 1 amide bonds. The first kappa shape index (κ1) is 19.8. The number of ether oxygens (including phenoxy) is 2. The summed E-state index contributed by atoms with van der Waals surface area (Å²) in [6, 6.07) is 6.59. The van der Waals surface area contributed by atoms with Gasteiger partial charge in [-0.3, -0.25) is 4.79 Å². The Kier molecular flexibility index (Phi) is 7.19. The van der Waals surface area contributed by atoms with E-state index in [0.717, 1.165) is 31.2 Å². The Hall–Kier alpha value is -1.97. The van der Waals surface area contributed by atoms with Crippen molar-refractivity contribution in [2.24, 2.45) is 0 Å². The highest BCUT2D eigenvalue weighted by Crippen LogP contribution is 2.31. The molecule has 3 rings (SSSR count). The summed E-state index contributed by atoms with van der Waals surface area (Å²) in [5.74, 6) is 1.55. The SMILES string of the molecule is COc1ccc(/C=C/C(=O)N(C2CCCCC2)C2CCCCC2)cc1OC. The molecule has 2 fully saturated rings. The summed E-state index contributed by atoms with van der Waals surface area (Å²) < 4.78 is 10.7. The lowest BCUT2D eigenvalue weighted by atomic mass is 9.88. The van der Waals surface area contributed by atoms with Crippen LogP contribution in [0.3, 0.4) is 0 Å². The standard InChI is InChI=1S/C23H33NO3/c1-26-21-15-13-18(17-22(21)27-2)14-16-23(25)24(19-9-5-3-6-10-19)20-11-7-4-8-12-20/h13-17,19-20H,3-12H2,1-2H3/b16-14+. The molecule has 4 heteroatoms. The summed E-state index contributed by atoms with van der Waals surface area (Å²) in [5, 5.41) is 0. The van der Waals surface area contributed by atoms with E-state index in [9.17, 15) is 4.79 Å². The van der Waals surface area contributed by atoms with Gasteiger partial charge in [-0.15, -0.1) is 0 Å². The molecule has 0 saturated heterocycles. The fourth-order valence-corrected chi connectivity index (χ4v) is 4.59. The van der Waals surface area contributed by atoms with Crippen molar-refractivity contribution >= 4 is 12.0 Å². The van der Waals surface area contributed by atoms with Crippen LogP contribution in [-0.2, 0) is 4.79 Å². The molecule has 148 valence electrons. The van der Waals surface area contributed by atoms with Gasteiger partial charge < -0.3 is 14.4 Å². The zero-order chi connectivity index (χ0) is 19.1. The van der Waals surface area contributed by atoms with Crippen LogP contribution in [0.4, 0.5) is 0 Å². The summed E-state index contributed by atoms with van der Waals surface area (Å²) in [4.78, 5) is 15.4. The molecule has 0 aromatic heterocycles. The van der Waals surface area contributed by atoms with E-state index < -0.39 is 0 Å². The maximum Gasteiger partial charge on any atom is 0.247 e. The average molecular weight is 372 g/mol. The Morgan fingerprint density at radius 2 is 1.44 bits per heavy atom. The number of nitrogens with zero attached hydrogens (tertiary/aromatic N) is 1. The van der Waals surface area contributed by atoms with Gasteiger partial charge in [0.2, 0.25) is 5.91 Å². The van der Waals surface area contributed by atoms with Gasteiger partial charge >= 0.3 is 0 Å². The number of carbonyl (C=O) groups excluding carboxylic acids is 1. The first-order valence-corrected chi connectivity index (χ1v) is 10.5. The number of hydrogen-bond donors (Lipinski definition) is 0. The molecule has 0 heterocycles. The third-order valence-corrected chi connectivity index (χ3v) is 6.02. The number of benzene rings is 1. The van der Waals surface area contributed by atoms with Crippen LogP contribution in [0.2, 0.25) is 0 Å². The summed E-state index contributed by atoms with van der Waals surface area (Å²) in [6.07, 6.45) is 15.9. The van der Waals surface area contributed by atoms with Gasteiger partial charge in [-0.25, -0.2) is 0 Å². The first-order chi connectivity index (χ1) is 13.2. The van der Waals surface area contributed by atoms with Crippen LogP contribution in [0.25, 0.3) is 6.08 Å². The zero-order valence-electron chi connectivity index (χ0n) is 16.8. The monoisotopic (exact) mass is 371 g/mol. The second-order valence-electron chi connectivity index (χ2n) is 7.78. The first-order valence-electron chi connectivity index (χ1n) is 10.5. The summed E-state index contributed by atoms with van der Waals surface area (Å²) in [5.41, 5.74) is 0.952. The van der Waals surface area contributed by atoms with Crippen molar-refractivity contribution in [3.63, 3.8) is 0 Å². The molecule has 0 bridgehead atoms. The summed E-state index contributed by atoms with van der Waals surface area (Å²) in [7, 11) is 3.26. The summed E-state index contributed by atoms with van der Waals surface area (Å²) in [6.45, 7) is 0. The fourth-order valence-electron chi connectivity index (χ4n) is 4.59. The van der Waals surface area contributed by atoms with Gasteiger partial charge in [0.25, 0.3) is 0 Å². The normalized spacial score (nSPS) is 19.2. The zero-order valence-corrected chi connectivity index (χ0v) is 16.8. The van der Waals surface area contributed by atoms with Crippen molar-refractivity contribution in [2.75, 3.05) is 14.2 Å². The minimum Gasteiger partial charge on any atom is -0.493 e. The van der Waals surface area contributed by atoms with Crippen LogP contribution < -0.4 is 9.47 Å². The van der Waals surface area contributed by atoms with Crippen LogP contribution >= 0.6 is 0 Å². The molecule has 2 aliphatic rings. The Labute approximate surface area is 163 Å². The lowest BCUT2D eigenvalue weighted by Crippen LogP contribution is -2.48. The molecular weight excluding hydrogens is 338 g/mol. The molecule has 2 aliphatic carbocycles. The predicted molar refractivity (Wildman–Crippen MR) is 109 cm³/mol. The Morgan fingerprint density at radius 1 is 0.889 bits per heavy atom. The molecule has 0 atom stereocenters. The van der Waals surface area contributed by atoms with Crippen molar-refractivity contribution in [1.29, 1.82) is 0 Å². The fraction of sp³-hybridized carbons (Fsp3) is 0.609. The van der Waals surface area contributed by atoms with Gasteiger partial charge in [-0.2, -0.15) is 0 Å². The smallest absolute Gasteiger partial charge is 0.247 e. The molecule has 1 aromatic rings. The van der Waals surface area contributed by atoms with Crippen LogP contribution in [0.5, 0.6) is 11.5 Å². The minimum atomic E-state index is 0.170. The molecule has 0 N–H and O–H groups in total. The van der Waals surface area contributed by atoms with Gasteiger partial charge in [-0.1, -0.05) is 44.6 Å². The number of amides is 1. The molecule has 0 unspecified atom stereocenters. The summed E-state index contributed by atoms with van der Waals surface area (Å²) >= 11 is 0. The predicted octanol–water partition coefficient (Wildman–Crippen LogP) is 5.21. The van der Waals surface area contributed by atoms with E-state index in [1.807, 2.05) is 24.3 Å². The van der Waals surface area contributed by atoms with Crippen molar-refractivity contribution in [1.82, 2.24) is 4.90 Å². The van der Waals surface area contributed by atoms with Crippen LogP contribution in [0.15, 0.2) is 24.3 Å². The second-order valence-corrected chi connectivity index (χ2v) is 7.78. The van der Waals surface area contributed by atoms with E-state index in [1.54, 1.807) is 20.3 Å². The van der Waals surface area contributed by atoms with E-state index in [1.165, 1.54) is 38.5 Å².